The van der Waals surface area contributed by atoms with Gasteiger partial charge in [-0.25, -0.2) is 4.79 Å². The predicted molar refractivity (Wildman–Crippen MR) is 110 cm³/mol. The van der Waals surface area contributed by atoms with Crippen LogP contribution in [0.15, 0.2) is 58.7 Å². The van der Waals surface area contributed by atoms with Gasteiger partial charge < -0.3 is 14.9 Å². The molecule has 0 fully saturated rings. The van der Waals surface area contributed by atoms with Crippen molar-refractivity contribution in [3.05, 3.63) is 58.7 Å². The summed E-state index contributed by atoms with van der Waals surface area (Å²) in [4.78, 5) is 11.6. The van der Waals surface area contributed by atoms with Crippen molar-refractivity contribution in [3.8, 4) is 0 Å². The van der Waals surface area contributed by atoms with Gasteiger partial charge in [0, 0.05) is 6.08 Å². The molecule has 0 aromatic heterocycles. The molecule has 0 radical (unpaired) electrons. The molecule has 1 aliphatic carbocycles. The summed E-state index contributed by atoms with van der Waals surface area (Å²) >= 11 is 0. The Labute approximate surface area is 163 Å². The van der Waals surface area contributed by atoms with Crippen molar-refractivity contribution in [3.63, 3.8) is 0 Å². The third kappa shape index (κ3) is 8.55. The van der Waals surface area contributed by atoms with E-state index in [1.807, 2.05) is 18.2 Å². The lowest BCUT2D eigenvalue weighted by Gasteiger charge is -2.32. The van der Waals surface area contributed by atoms with E-state index in [1.165, 1.54) is 36.5 Å². The Bertz CT molecular complexity index is 660. The van der Waals surface area contributed by atoms with Gasteiger partial charge in [-0.15, -0.1) is 0 Å². The number of esters is 1. The summed E-state index contributed by atoms with van der Waals surface area (Å²) < 4.78 is 4.84. The number of carbonyl (C=O) groups excluding carboxylic acids is 1. The smallest absolute Gasteiger partial charge is 0.331 e. The van der Waals surface area contributed by atoms with Gasteiger partial charge >= 0.3 is 5.97 Å². The van der Waals surface area contributed by atoms with Crippen molar-refractivity contribution in [1.82, 2.24) is 0 Å². The van der Waals surface area contributed by atoms with Crippen molar-refractivity contribution in [2.75, 3.05) is 13.2 Å². The van der Waals surface area contributed by atoms with Gasteiger partial charge in [0.05, 0.1) is 6.61 Å². The number of carbonyl (C=O) groups is 1. The molecule has 1 aliphatic rings. The summed E-state index contributed by atoms with van der Waals surface area (Å²) in [5, 5.41) is 17.8. The van der Waals surface area contributed by atoms with E-state index < -0.39 is 18.7 Å². The number of hydrogen-bond acceptors (Lipinski definition) is 4. The van der Waals surface area contributed by atoms with Crippen LogP contribution in [0.3, 0.4) is 0 Å². The monoisotopic (exact) mass is 374 g/mol. The number of ether oxygens (including phenoxy) is 1. The minimum atomic E-state index is -1.04. The summed E-state index contributed by atoms with van der Waals surface area (Å²) in [6.07, 6.45) is 14.1. The first kappa shape index (κ1) is 23.1. The molecule has 0 unspecified atom stereocenters. The molecule has 0 aliphatic heterocycles. The SMILES string of the molecule is CC(C=CC1=C(C)CCCC1(C)C)=CC=CC(C)=CC(=O)OC[C@@H](O)CO. The second-order valence-corrected chi connectivity index (χ2v) is 7.89. The highest BCUT2D eigenvalue weighted by Gasteiger charge is 2.26. The lowest BCUT2D eigenvalue weighted by Crippen LogP contribution is -2.21. The van der Waals surface area contributed by atoms with Gasteiger partial charge in [-0.05, 0) is 56.6 Å². The van der Waals surface area contributed by atoms with Crippen molar-refractivity contribution in [1.29, 1.82) is 0 Å². The highest BCUT2D eigenvalue weighted by atomic mass is 16.5. The molecule has 0 aromatic rings. The van der Waals surface area contributed by atoms with Crippen LogP contribution >= 0.6 is 0 Å². The molecule has 0 amide bonds. The van der Waals surface area contributed by atoms with Gasteiger partial charge in [-0.1, -0.05) is 55.4 Å². The van der Waals surface area contributed by atoms with Crippen LogP contribution in [0.25, 0.3) is 0 Å². The molecule has 150 valence electrons. The molecule has 1 rings (SSSR count). The summed E-state index contributed by atoms with van der Waals surface area (Å²) in [5.74, 6) is -0.535. The minimum absolute atomic E-state index is 0.210. The minimum Gasteiger partial charge on any atom is -0.460 e. The summed E-state index contributed by atoms with van der Waals surface area (Å²) in [6.45, 7) is 10.1. The average Bonchev–Trinajstić information content (AvgIpc) is 2.58. The van der Waals surface area contributed by atoms with E-state index in [-0.39, 0.29) is 12.0 Å². The Balaban J connectivity index is 2.65. The zero-order valence-corrected chi connectivity index (χ0v) is 17.3. The van der Waals surface area contributed by atoms with E-state index in [0.29, 0.717) is 0 Å². The molecule has 0 bridgehead atoms. The van der Waals surface area contributed by atoms with Crippen molar-refractivity contribution >= 4 is 5.97 Å². The zero-order chi connectivity index (χ0) is 20.4. The van der Waals surface area contributed by atoms with Crippen molar-refractivity contribution in [2.24, 2.45) is 5.41 Å². The molecule has 4 nitrogen and oxygen atoms in total. The number of aliphatic hydroxyl groups is 2. The molecule has 27 heavy (non-hydrogen) atoms. The molecule has 0 aromatic carbocycles. The van der Waals surface area contributed by atoms with Crippen LogP contribution < -0.4 is 0 Å². The lowest BCUT2D eigenvalue weighted by atomic mass is 9.72. The number of rotatable bonds is 8. The van der Waals surface area contributed by atoms with Gasteiger partial charge in [0.15, 0.2) is 0 Å². The van der Waals surface area contributed by atoms with Crippen LogP contribution in [0.4, 0.5) is 0 Å². The third-order valence-electron chi connectivity index (χ3n) is 4.75. The molecular formula is C23H34O4. The van der Waals surface area contributed by atoms with Crippen LogP contribution in [0.2, 0.25) is 0 Å². The molecule has 0 saturated carbocycles. The van der Waals surface area contributed by atoms with Gasteiger partial charge in [0.2, 0.25) is 0 Å². The van der Waals surface area contributed by atoms with Gasteiger partial charge in [-0.3, -0.25) is 0 Å². The Morgan fingerprint density at radius 2 is 1.96 bits per heavy atom. The first-order chi connectivity index (χ1) is 12.7. The summed E-state index contributed by atoms with van der Waals surface area (Å²) in [7, 11) is 0. The predicted octanol–water partition coefficient (Wildman–Crippen LogP) is 4.41. The van der Waals surface area contributed by atoms with Crippen LogP contribution in [-0.4, -0.2) is 35.5 Å². The Hall–Kier alpha value is -1.91. The van der Waals surface area contributed by atoms with Crippen LogP contribution in [-0.2, 0) is 9.53 Å². The summed E-state index contributed by atoms with van der Waals surface area (Å²) in [5.41, 5.74) is 5.04. The maximum absolute atomic E-state index is 11.6. The molecule has 2 N–H and O–H groups in total. The number of aliphatic hydroxyl groups excluding tert-OH is 2. The summed E-state index contributed by atoms with van der Waals surface area (Å²) in [6, 6.07) is 0. The second-order valence-electron chi connectivity index (χ2n) is 7.89. The van der Waals surface area contributed by atoms with Crippen LogP contribution in [0.5, 0.6) is 0 Å². The first-order valence-electron chi connectivity index (χ1n) is 9.53. The standard InChI is InChI=1S/C23H34O4/c1-17(11-12-21-19(3)10-7-13-23(21,4)5)8-6-9-18(2)14-22(26)27-16-20(25)15-24/h6,8-9,11-12,14,20,24-25H,7,10,13,15-16H2,1-5H3/t20-/m0/s1. The van der Waals surface area contributed by atoms with Crippen molar-refractivity contribution in [2.45, 2.75) is 60.0 Å². The second kappa shape index (κ2) is 11.1. The van der Waals surface area contributed by atoms with E-state index in [1.54, 1.807) is 6.92 Å². The molecule has 0 saturated heterocycles. The Kier molecular flexibility index (Phi) is 9.47. The largest absolute Gasteiger partial charge is 0.460 e. The van der Waals surface area contributed by atoms with E-state index in [2.05, 4.69) is 39.8 Å². The quantitative estimate of drug-likeness (QED) is 0.375. The molecular weight excluding hydrogens is 340 g/mol. The molecule has 0 spiro atoms. The lowest BCUT2D eigenvalue weighted by molar-refractivity contribution is -0.141. The molecule has 1 atom stereocenters. The average molecular weight is 375 g/mol. The fourth-order valence-corrected chi connectivity index (χ4v) is 3.14. The van der Waals surface area contributed by atoms with E-state index in [9.17, 15) is 4.79 Å². The zero-order valence-electron chi connectivity index (χ0n) is 17.3. The molecule has 0 heterocycles. The third-order valence-corrected chi connectivity index (χ3v) is 4.75. The van der Waals surface area contributed by atoms with E-state index in [4.69, 9.17) is 14.9 Å². The Morgan fingerprint density at radius 1 is 1.26 bits per heavy atom. The van der Waals surface area contributed by atoms with Gasteiger partial charge in [-0.2, -0.15) is 0 Å². The van der Waals surface area contributed by atoms with Gasteiger partial charge in [0.25, 0.3) is 0 Å². The van der Waals surface area contributed by atoms with E-state index >= 15 is 0 Å². The first-order valence-corrected chi connectivity index (χ1v) is 9.53. The maximum Gasteiger partial charge on any atom is 0.331 e. The van der Waals surface area contributed by atoms with Crippen molar-refractivity contribution < 1.29 is 19.7 Å². The number of hydrogen-bond donors (Lipinski definition) is 2. The van der Waals surface area contributed by atoms with Crippen LogP contribution in [0.1, 0.15) is 53.9 Å². The normalized spacial score (nSPS) is 19.8. The highest BCUT2D eigenvalue weighted by Crippen LogP contribution is 2.40. The van der Waals surface area contributed by atoms with Crippen LogP contribution in [0, 0.1) is 5.41 Å². The maximum atomic E-state index is 11.6. The molecule has 4 heteroatoms. The fourth-order valence-electron chi connectivity index (χ4n) is 3.14. The number of allylic oxidation sites excluding steroid dienone is 9. The van der Waals surface area contributed by atoms with Gasteiger partial charge in [0.1, 0.15) is 12.7 Å². The Morgan fingerprint density at radius 3 is 2.59 bits per heavy atom. The van der Waals surface area contributed by atoms with E-state index in [0.717, 1.165) is 11.1 Å². The topological polar surface area (TPSA) is 66.8 Å². The fraction of sp³-hybridized carbons (Fsp3) is 0.522. The highest BCUT2D eigenvalue weighted by molar-refractivity contribution is 5.83.